The van der Waals surface area contributed by atoms with E-state index in [2.05, 4.69) is 61.0 Å². The second-order valence-electron chi connectivity index (χ2n) is 4.61. The van der Waals surface area contributed by atoms with E-state index < -0.39 is 0 Å². The number of halogens is 1. The standard InChI is InChI=1S/C15H15BrN4O/c1-2-17-9-14-19-20-15(21-14)18-13-6-4-10-7-12(16)5-3-11(10)8-13/h3-8,17H,2,9H2,1H3,(H,18,20). The molecule has 3 rings (SSSR count). The molecule has 0 aliphatic rings. The SMILES string of the molecule is CCNCc1nnc(Nc2ccc3cc(Br)ccc3c2)o1. The van der Waals surface area contributed by atoms with E-state index in [1.165, 1.54) is 5.39 Å². The van der Waals surface area contributed by atoms with Gasteiger partial charge in [0.15, 0.2) is 0 Å². The molecule has 0 spiro atoms. The normalized spacial score (nSPS) is 11.0. The molecule has 0 amide bonds. The first-order chi connectivity index (χ1) is 10.2. The first-order valence-corrected chi connectivity index (χ1v) is 7.53. The summed E-state index contributed by atoms with van der Waals surface area (Å²) in [6.45, 7) is 3.48. The number of rotatable bonds is 5. The van der Waals surface area contributed by atoms with Crippen molar-refractivity contribution in [1.29, 1.82) is 0 Å². The first-order valence-electron chi connectivity index (χ1n) is 6.74. The maximum atomic E-state index is 5.52. The minimum Gasteiger partial charge on any atom is -0.406 e. The number of hydrogen-bond donors (Lipinski definition) is 2. The number of aromatic nitrogens is 2. The lowest BCUT2D eigenvalue weighted by molar-refractivity contribution is 0.484. The summed E-state index contributed by atoms with van der Waals surface area (Å²) >= 11 is 3.47. The van der Waals surface area contributed by atoms with Crippen molar-refractivity contribution in [3.8, 4) is 0 Å². The summed E-state index contributed by atoms with van der Waals surface area (Å²) in [5, 5.41) is 16.6. The van der Waals surface area contributed by atoms with Gasteiger partial charge >= 0.3 is 6.01 Å². The molecule has 0 aliphatic heterocycles. The van der Waals surface area contributed by atoms with E-state index in [4.69, 9.17) is 4.42 Å². The van der Waals surface area contributed by atoms with Gasteiger partial charge in [0, 0.05) is 10.2 Å². The van der Waals surface area contributed by atoms with Gasteiger partial charge in [-0.2, -0.15) is 0 Å². The van der Waals surface area contributed by atoms with Crippen molar-refractivity contribution >= 4 is 38.4 Å². The summed E-state index contributed by atoms with van der Waals surface area (Å²) in [4.78, 5) is 0. The van der Waals surface area contributed by atoms with Crippen molar-refractivity contribution in [3.63, 3.8) is 0 Å². The molecule has 0 radical (unpaired) electrons. The van der Waals surface area contributed by atoms with Gasteiger partial charge in [-0.3, -0.25) is 0 Å². The molecule has 2 N–H and O–H groups in total. The molecule has 3 aromatic rings. The van der Waals surface area contributed by atoms with Crippen molar-refractivity contribution < 1.29 is 4.42 Å². The van der Waals surface area contributed by atoms with Crippen LogP contribution in [0.1, 0.15) is 12.8 Å². The highest BCUT2D eigenvalue weighted by Crippen LogP contribution is 2.24. The van der Waals surface area contributed by atoms with Gasteiger partial charge in [0.05, 0.1) is 6.54 Å². The fourth-order valence-electron chi connectivity index (χ4n) is 2.03. The molecule has 0 fully saturated rings. The van der Waals surface area contributed by atoms with Crippen molar-refractivity contribution in [2.75, 3.05) is 11.9 Å². The fraction of sp³-hybridized carbons (Fsp3) is 0.200. The first kappa shape index (κ1) is 14.0. The zero-order chi connectivity index (χ0) is 14.7. The van der Waals surface area contributed by atoms with Crippen LogP contribution in [0.4, 0.5) is 11.7 Å². The number of benzene rings is 2. The van der Waals surface area contributed by atoms with Crippen molar-refractivity contribution in [3.05, 3.63) is 46.8 Å². The van der Waals surface area contributed by atoms with Crippen LogP contribution in [0.2, 0.25) is 0 Å². The second kappa shape index (κ2) is 6.24. The van der Waals surface area contributed by atoms with Gasteiger partial charge in [-0.05, 0) is 41.6 Å². The van der Waals surface area contributed by atoms with Gasteiger partial charge in [-0.25, -0.2) is 0 Å². The molecule has 0 unspecified atom stereocenters. The van der Waals surface area contributed by atoms with Crippen molar-refractivity contribution in [2.24, 2.45) is 0 Å². The molecule has 6 heteroatoms. The smallest absolute Gasteiger partial charge is 0.320 e. The molecule has 0 atom stereocenters. The largest absolute Gasteiger partial charge is 0.406 e. The number of anilines is 2. The van der Waals surface area contributed by atoms with E-state index in [9.17, 15) is 0 Å². The van der Waals surface area contributed by atoms with Crippen LogP contribution in [0.25, 0.3) is 10.8 Å². The summed E-state index contributed by atoms with van der Waals surface area (Å²) in [6, 6.07) is 12.7. The molecular weight excluding hydrogens is 332 g/mol. The minimum absolute atomic E-state index is 0.402. The third kappa shape index (κ3) is 3.40. The minimum atomic E-state index is 0.402. The number of hydrogen-bond acceptors (Lipinski definition) is 5. The molecule has 0 bridgehead atoms. The van der Waals surface area contributed by atoms with Crippen LogP contribution in [-0.4, -0.2) is 16.7 Å². The van der Waals surface area contributed by atoms with Gasteiger partial charge in [0.2, 0.25) is 5.89 Å². The third-order valence-electron chi connectivity index (χ3n) is 3.05. The van der Waals surface area contributed by atoms with Crippen LogP contribution in [-0.2, 0) is 6.54 Å². The maximum absolute atomic E-state index is 5.52. The van der Waals surface area contributed by atoms with Crippen LogP contribution in [0.5, 0.6) is 0 Å². The average molecular weight is 347 g/mol. The van der Waals surface area contributed by atoms with Crippen molar-refractivity contribution in [2.45, 2.75) is 13.5 Å². The van der Waals surface area contributed by atoms with Gasteiger partial charge in [0.25, 0.3) is 0 Å². The van der Waals surface area contributed by atoms with E-state index in [1.807, 2.05) is 19.1 Å². The second-order valence-corrected chi connectivity index (χ2v) is 5.53. The van der Waals surface area contributed by atoms with Crippen LogP contribution < -0.4 is 10.6 Å². The van der Waals surface area contributed by atoms with E-state index in [1.54, 1.807) is 0 Å². The number of nitrogens with one attached hydrogen (secondary N) is 2. The predicted octanol–water partition coefficient (Wildman–Crippen LogP) is 3.84. The average Bonchev–Trinajstić information content (AvgIpc) is 2.93. The monoisotopic (exact) mass is 346 g/mol. The Balaban J connectivity index is 1.78. The Morgan fingerprint density at radius 1 is 1.10 bits per heavy atom. The Hall–Kier alpha value is -1.92. The molecule has 1 aromatic heterocycles. The molecule has 108 valence electrons. The third-order valence-corrected chi connectivity index (χ3v) is 3.54. The Morgan fingerprint density at radius 3 is 2.76 bits per heavy atom. The van der Waals surface area contributed by atoms with E-state index in [-0.39, 0.29) is 0 Å². The van der Waals surface area contributed by atoms with E-state index in [0.717, 1.165) is 22.1 Å². The maximum Gasteiger partial charge on any atom is 0.320 e. The lowest BCUT2D eigenvalue weighted by atomic mass is 10.1. The molecule has 0 aliphatic carbocycles. The quantitative estimate of drug-likeness (QED) is 0.734. The van der Waals surface area contributed by atoms with Gasteiger partial charge in [-0.1, -0.05) is 40.1 Å². The summed E-state index contributed by atoms with van der Waals surface area (Å²) in [6.07, 6.45) is 0. The Kier molecular flexibility index (Phi) is 4.17. The number of nitrogens with zero attached hydrogens (tertiary/aromatic N) is 2. The topological polar surface area (TPSA) is 63.0 Å². The Labute approximate surface area is 130 Å². The van der Waals surface area contributed by atoms with Gasteiger partial charge < -0.3 is 15.1 Å². The summed E-state index contributed by atoms with van der Waals surface area (Å²) in [5.41, 5.74) is 0.920. The molecule has 21 heavy (non-hydrogen) atoms. The van der Waals surface area contributed by atoms with Crippen LogP contribution in [0.3, 0.4) is 0 Å². The summed E-state index contributed by atoms with van der Waals surface area (Å²) in [5.74, 6) is 0.573. The van der Waals surface area contributed by atoms with Crippen molar-refractivity contribution in [1.82, 2.24) is 15.5 Å². The van der Waals surface area contributed by atoms with Gasteiger partial charge in [0.1, 0.15) is 0 Å². The molecule has 0 saturated heterocycles. The molecular formula is C15H15BrN4O. The Bertz CT molecular complexity index is 756. The highest BCUT2D eigenvalue weighted by molar-refractivity contribution is 9.10. The predicted molar refractivity (Wildman–Crippen MR) is 86.6 cm³/mol. The van der Waals surface area contributed by atoms with Gasteiger partial charge in [-0.15, -0.1) is 5.10 Å². The summed E-state index contributed by atoms with van der Waals surface area (Å²) in [7, 11) is 0. The highest BCUT2D eigenvalue weighted by Gasteiger charge is 2.06. The number of fused-ring (bicyclic) bond motifs is 1. The van der Waals surface area contributed by atoms with E-state index in [0.29, 0.717) is 18.5 Å². The summed E-state index contributed by atoms with van der Waals surface area (Å²) < 4.78 is 6.59. The zero-order valence-electron chi connectivity index (χ0n) is 11.6. The fourth-order valence-corrected chi connectivity index (χ4v) is 2.40. The lowest BCUT2D eigenvalue weighted by Crippen LogP contribution is -2.11. The lowest BCUT2D eigenvalue weighted by Gasteiger charge is -2.04. The Morgan fingerprint density at radius 2 is 1.90 bits per heavy atom. The van der Waals surface area contributed by atoms with Crippen LogP contribution in [0.15, 0.2) is 45.3 Å². The van der Waals surface area contributed by atoms with Crippen LogP contribution >= 0.6 is 15.9 Å². The zero-order valence-corrected chi connectivity index (χ0v) is 13.1. The van der Waals surface area contributed by atoms with E-state index >= 15 is 0 Å². The highest BCUT2D eigenvalue weighted by atomic mass is 79.9. The molecule has 1 heterocycles. The van der Waals surface area contributed by atoms with Crippen LogP contribution in [0, 0.1) is 0 Å². The molecule has 0 saturated carbocycles. The molecule has 5 nitrogen and oxygen atoms in total. The molecule has 2 aromatic carbocycles.